The van der Waals surface area contributed by atoms with E-state index in [4.69, 9.17) is 9.47 Å². The summed E-state index contributed by atoms with van der Waals surface area (Å²) in [6.07, 6.45) is 1.09. The van der Waals surface area contributed by atoms with Gasteiger partial charge in [-0.3, -0.25) is 4.79 Å². The number of nitrogens with zero attached hydrogens (tertiary/aromatic N) is 2. The van der Waals surface area contributed by atoms with Gasteiger partial charge in [-0.2, -0.15) is 0 Å². The van der Waals surface area contributed by atoms with Gasteiger partial charge in [-0.05, 0) is 18.1 Å². The summed E-state index contributed by atoms with van der Waals surface area (Å²) < 4.78 is 10.5. The van der Waals surface area contributed by atoms with E-state index in [1.165, 1.54) is 0 Å². The molecule has 8 heteroatoms. The van der Waals surface area contributed by atoms with E-state index in [-0.39, 0.29) is 18.1 Å². The SMILES string of the molecule is COc1cc(NC(=O)N2CCc3nc(Cc4ccccc4C)[nH]c(=O)c3C2)cc(OC)c1. The number of benzene rings is 2. The molecular weight excluding hydrogens is 408 g/mol. The minimum Gasteiger partial charge on any atom is -0.497 e. The van der Waals surface area contributed by atoms with Crippen LogP contribution in [0, 0.1) is 6.92 Å². The lowest BCUT2D eigenvalue weighted by Crippen LogP contribution is -2.42. The summed E-state index contributed by atoms with van der Waals surface area (Å²) >= 11 is 0. The van der Waals surface area contributed by atoms with Crippen LogP contribution in [0.1, 0.15) is 28.2 Å². The van der Waals surface area contributed by atoms with Crippen LogP contribution >= 0.6 is 0 Å². The summed E-state index contributed by atoms with van der Waals surface area (Å²) in [6.45, 7) is 2.72. The Morgan fingerprint density at radius 3 is 2.56 bits per heavy atom. The lowest BCUT2D eigenvalue weighted by molar-refractivity contribution is 0.205. The predicted molar refractivity (Wildman–Crippen MR) is 122 cm³/mol. The van der Waals surface area contributed by atoms with Crippen molar-refractivity contribution in [3.8, 4) is 11.5 Å². The maximum Gasteiger partial charge on any atom is 0.322 e. The molecule has 0 saturated carbocycles. The Labute approximate surface area is 186 Å². The summed E-state index contributed by atoms with van der Waals surface area (Å²) in [6, 6.07) is 12.9. The number of aromatic amines is 1. The van der Waals surface area contributed by atoms with Gasteiger partial charge in [0.25, 0.3) is 5.56 Å². The van der Waals surface area contributed by atoms with E-state index < -0.39 is 0 Å². The molecule has 2 amide bonds. The van der Waals surface area contributed by atoms with Crippen LogP contribution in [-0.4, -0.2) is 41.7 Å². The third-order valence-corrected chi connectivity index (χ3v) is 5.63. The van der Waals surface area contributed by atoms with Crippen molar-refractivity contribution in [1.82, 2.24) is 14.9 Å². The number of aromatic nitrogens is 2. The highest BCUT2D eigenvalue weighted by molar-refractivity contribution is 5.90. The molecule has 0 aliphatic carbocycles. The average molecular weight is 434 g/mol. The first kappa shape index (κ1) is 21.4. The fourth-order valence-corrected chi connectivity index (χ4v) is 3.80. The van der Waals surface area contributed by atoms with E-state index in [2.05, 4.69) is 15.3 Å². The predicted octanol–water partition coefficient (Wildman–Crippen LogP) is 3.28. The lowest BCUT2D eigenvalue weighted by atomic mass is 10.0. The summed E-state index contributed by atoms with van der Waals surface area (Å²) in [5, 5.41) is 2.86. The molecule has 166 valence electrons. The van der Waals surface area contributed by atoms with Gasteiger partial charge in [0.1, 0.15) is 17.3 Å². The molecular formula is C24H26N4O4. The standard InChI is InChI=1S/C24H26N4O4/c1-15-6-4-5-7-16(15)10-22-26-21-8-9-28(14-20(21)23(29)27-22)24(30)25-17-11-18(31-2)13-19(12-17)32-3/h4-7,11-13H,8-10,14H2,1-3H3,(H,25,30)(H,26,27,29). The summed E-state index contributed by atoms with van der Waals surface area (Å²) in [5.74, 6) is 1.79. The Hall–Kier alpha value is -3.81. The smallest absolute Gasteiger partial charge is 0.322 e. The number of anilines is 1. The number of hydrogen-bond acceptors (Lipinski definition) is 5. The molecule has 0 saturated heterocycles. The molecule has 3 aromatic rings. The second-order valence-electron chi connectivity index (χ2n) is 7.74. The van der Waals surface area contributed by atoms with Gasteiger partial charge in [-0.15, -0.1) is 0 Å². The van der Waals surface area contributed by atoms with Crippen molar-refractivity contribution in [3.63, 3.8) is 0 Å². The van der Waals surface area contributed by atoms with Crippen LogP contribution in [0.25, 0.3) is 0 Å². The van der Waals surface area contributed by atoms with Gasteiger partial charge in [-0.25, -0.2) is 9.78 Å². The molecule has 2 heterocycles. The molecule has 4 rings (SSSR count). The zero-order chi connectivity index (χ0) is 22.7. The summed E-state index contributed by atoms with van der Waals surface area (Å²) in [4.78, 5) is 34.8. The highest BCUT2D eigenvalue weighted by atomic mass is 16.5. The van der Waals surface area contributed by atoms with Crippen molar-refractivity contribution in [3.05, 3.63) is 81.0 Å². The van der Waals surface area contributed by atoms with Gasteiger partial charge in [0.2, 0.25) is 0 Å². The van der Waals surface area contributed by atoms with E-state index in [0.29, 0.717) is 48.0 Å². The van der Waals surface area contributed by atoms with Gasteiger partial charge in [0.05, 0.1) is 32.0 Å². The number of carbonyl (C=O) groups is 1. The largest absolute Gasteiger partial charge is 0.497 e. The highest BCUT2D eigenvalue weighted by Crippen LogP contribution is 2.26. The third kappa shape index (κ3) is 4.59. The molecule has 8 nitrogen and oxygen atoms in total. The second-order valence-corrected chi connectivity index (χ2v) is 7.74. The van der Waals surface area contributed by atoms with Crippen molar-refractivity contribution in [1.29, 1.82) is 0 Å². The molecule has 1 aliphatic rings. The van der Waals surface area contributed by atoms with Crippen LogP contribution in [-0.2, 0) is 19.4 Å². The van der Waals surface area contributed by atoms with Crippen molar-refractivity contribution in [2.45, 2.75) is 26.3 Å². The number of amides is 2. The maximum absolute atomic E-state index is 12.8. The van der Waals surface area contributed by atoms with Gasteiger partial charge in [0.15, 0.2) is 0 Å². The minimum atomic E-state index is -0.297. The van der Waals surface area contributed by atoms with Gasteiger partial charge in [-0.1, -0.05) is 24.3 Å². The number of rotatable bonds is 5. The Kier molecular flexibility index (Phi) is 6.11. The fourth-order valence-electron chi connectivity index (χ4n) is 3.80. The number of aryl methyl sites for hydroxylation is 1. The first-order valence-corrected chi connectivity index (χ1v) is 10.4. The number of ether oxygens (including phenoxy) is 2. The highest BCUT2D eigenvalue weighted by Gasteiger charge is 2.25. The van der Waals surface area contributed by atoms with Crippen LogP contribution in [0.5, 0.6) is 11.5 Å². The molecule has 0 atom stereocenters. The molecule has 1 aliphatic heterocycles. The first-order chi connectivity index (χ1) is 15.5. The van der Waals surface area contributed by atoms with Crippen LogP contribution in [0.15, 0.2) is 47.3 Å². The Bertz CT molecular complexity index is 1180. The van der Waals surface area contributed by atoms with Crippen LogP contribution in [0.3, 0.4) is 0 Å². The van der Waals surface area contributed by atoms with E-state index in [1.54, 1.807) is 37.3 Å². The maximum atomic E-state index is 12.8. The fraction of sp³-hybridized carbons (Fsp3) is 0.292. The van der Waals surface area contributed by atoms with Crippen molar-refractivity contribution >= 4 is 11.7 Å². The second kappa shape index (κ2) is 9.13. The molecule has 2 N–H and O–H groups in total. The molecule has 0 bridgehead atoms. The van der Waals surface area contributed by atoms with Crippen molar-refractivity contribution in [2.75, 3.05) is 26.1 Å². The zero-order valence-corrected chi connectivity index (χ0v) is 18.4. The molecule has 2 aromatic carbocycles. The molecule has 1 aromatic heterocycles. The Morgan fingerprint density at radius 1 is 1.16 bits per heavy atom. The molecule has 0 spiro atoms. The molecule has 0 fully saturated rings. The monoisotopic (exact) mass is 434 g/mol. The number of fused-ring (bicyclic) bond motifs is 1. The number of H-pyrrole nitrogens is 1. The van der Waals surface area contributed by atoms with Crippen molar-refractivity contribution in [2.24, 2.45) is 0 Å². The van der Waals surface area contributed by atoms with Crippen LogP contribution < -0.4 is 20.3 Å². The average Bonchev–Trinajstić information content (AvgIpc) is 2.80. The van der Waals surface area contributed by atoms with Crippen LogP contribution in [0.4, 0.5) is 10.5 Å². The van der Waals surface area contributed by atoms with Crippen LogP contribution in [0.2, 0.25) is 0 Å². The quantitative estimate of drug-likeness (QED) is 0.642. The molecule has 0 unspecified atom stereocenters. The third-order valence-electron chi connectivity index (χ3n) is 5.63. The van der Waals surface area contributed by atoms with E-state index in [1.807, 2.05) is 31.2 Å². The summed E-state index contributed by atoms with van der Waals surface area (Å²) in [7, 11) is 3.10. The number of nitrogens with one attached hydrogen (secondary N) is 2. The van der Waals surface area contributed by atoms with Gasteiger partial charge < -0.3 is 24.7 Å². The number of urea groups is 1. The number of methoxy groups -OCH3 is 2. The van der Waals surface area contributed by atoms with Crippen molar-refractivity contribution < 1.29 is 14.3 Å². The zero-order valence-electron chi connectivity index (χ0n) is 18.4. The minimum absolute atomic E-state index is 0.195. The molecule has 0 radical (unpaired) electrons. The number of carbonyl (C=O) groups excluding carboxylic acids is 1. The van der Waals surface area contributed by atoms with Gasteiger partial charge in [0, 0.05) is 43.3 Å². The number of hydrogen-bond donors (Lipinski definition) is 2. The molecule has 32 heavy (non-hydrogen) atoms. The normalized spacial score (nSPS) is 12.8. The topological polar surface area (TPSA) is 96.5 Å². The first-order valence-electron chi connectivity index (χ1n) is 10.4. The lowest BCUT2D eigenvalue weighted by Gasteiger charge is -2.28. The van der Waals surface area contributed by atoms with E-state index >= 15 is 0 Å². The van der Waals surface area contributed by atoms with E-state index in [0.717, 1.165) is 16.8 Å². The van der Waals surface area contributed by atoms with Gasteiger partial charge >= 0.3 is 6.03 Å². The summed E-state index contributed by atoms with van der Waals surface area (Å²) in [5.41, 5.74) is 3.93. The Balaban J connectivity index is 1.49. The van der Waals surface area contributed by atoms with E-state index in [9.17, 15) is 9.59 Å². The Morgan fingerprint density at radius 2 is 1.88 bits per heavy atom.